The summed E-state index contributed by atoms with van der Waals surface area (Å²) < 4.78 is 0. The van der Waals surface area contributed by atoms with Gasteiger partial charge in [0.25, 0.3) is 0 Å². The van der Waals surface area contributed by atoms with Crippen molar-refractivity contribution in [3.63, 3.8) is 0 Å². The fourth-order valence-electron chi connectivity index (χ4n) is 1.28. The van der Waals surface area contributed by atoms with Gasteiger partial charge < -0.3 is 0 Å². The maximum atomic E-state index is 4.32. The van der Waals surface area contributed by atoms with Gasteiger partial charge in [0.1, 0.15) is 0 Å². The molecule has 0 amide bonds. The van der Waals surface area contributed by atoms with E-state index in [0.29, 0.717) is 0 Å². The van der Waals surface area contributed by atoms with Crippen LogP contribution in [0.1, 0.15) is 5.56 Å². The van der Waals surface area contributed by atoms with Crippen molar-refractivity contribution < 1.29 is 0 Å². The molecule has 1 aromatic carbocycles. The molecule has 0 saturated heterocycles. The van der Waals surface area contributed by atoms with E-state index in [1.165, 1.54) is 10.9 Å². The molecule has 0 radical (unpaired) electrons. The van der Waals surface area contributed by atoms with E-state index in [2.05, 4.69) is 45.2 Å². The van der Waals surface area contributed by atoms with Crippen molar-refractivity contribution in [2.75, 3.05) is 0 Å². The van der Waals surface area contributed by atoms with E-state index in [1.54, 1.807) is 0 Å². The van der Waals surface area contributed by atoms with Gasteiger partial charge in [0, 0.05) is 16.9 Å². The Bertz CT molecular complexity index is 392. The van der Waals surface area contributed by atoms with E-state index in [-0.39, 0.29) is 0 Å². The molecule has 0 atom stereocenters. The summed E-state index contributed by atoms with van der Waals surface area (Å²) in [6.45, 7) is 0. The molecule has 2 aromatic rings. The van der Waals surface area contributed by atoms with E-state index in [1.807, 2.05) is 12.3 Å². The second-order valence-corrected chi connectivity index (χ2v) is 3.19. The van der Waals surface area contributed by atoms with Gasteiger partial charge in [-0.05, 0) is 11.6 Å². The molecule has 2 rings (SSSR count). The lowest BCUT2D eigenvalue weighted by Crippen LogP contribution is -1.83. The third-order valence-electron chi connectivity index (χ3n) is 1.86. The van der Waals surface area contributed by atoms with E-state index < -0.39 is 0 Å². The Morgan fingerprint density at radius 3 is 2.83 bits per heavy atom. The van der Waals surface area contributed by atoms with Gasteiger partial charge in [-0.15, -0.1) is 0 Å². The Hall–Kier alpha value is -0.890. The largest absolute Gasteiger partial charge is 0.256 e. The molecule has 1 aromatic heterocycles. The molecule has 0 bridgehead atoms. The molecule has 0 fully saturated rings. The first-order valence-electron chi connectivity index (χ1n) is 3.80. The van der Waals surface area contributed by atoms with Crippen LogP contribution in [0.3, 0.4) is 0 Å². The Morgan fingerprint density at radius 1 is 1.17 bits per heavy atom. The van der Waals surface area contributed by atoms with Crippen LogP contribution in [0.4, 0.5) is 0 Å². The number of alkyl halides is 1. The molecular weight excluding hydrogens is 214 g/mol. The highest BCUT2D eigenvalue weighted by molar-refractivity contribution is 9.08. The highest BCUT2D eigenvalue weighted by atomic mass is 79.9. The van der Waals surface area contributed by atoms with Crippen LogP contribution in [-0.4, -0.2) is 4.98 Å². The van der Waals surface area contributed by atoms with Crippen LogP contribution >= 0.6 is 15.9 Å². The molecule has 1 heterocycles. The molecule has 1 nitrogen and oxygen atoms in total. The van der Waals surface area contributed by atoms with Gasteiger partial charge >= 0.3 is 0 Å². The summed E-state index contributed by atoms with van der Waals surface area (Å²) in [4.78, 5) is 4.32. The number of hydrogen-bond donors (Lipinski definition) is 0. The number of rotatable bonds is 1. The number of halogens is 1. The molecule has 12 heavy (non-hydrogen) atoms. The monoisotopic (exact) mass is 221 g/mol. The van der Waals surface area contributed by atoms with Gasteiger partial charge in [-0.25, -0.2) is 0 Å². The summed E-state index contributed by atoms with van der Waals surface area (Å²) in [6.07, 6.45) is 1.83. The van der Waals surface area contributed by atoms with Crippen molar-refractivity contribution >= 4 is 26.8 Å². The van der Waals surface area contributed by atoms with E-state index in [4.69, 9.17) is 0 Å². The zero-order chi connectivity index (χ0) is 8.39. The molecule has 0 N–H and O–H groups in total. The number of aromatic nitrogens is 1. The average molecular weight is 222 g/mol. The lowest BCUT2D eigenvalue weighted by atomic mass is 10.1. The summed E-state index contributed by atoms with van der Waals surface area (Å²) in [5.74, 6) is 0. The summed E-state index contributed by atoms with van der Waals surface area (Å²) in [5, 5.41) is 2.07. The van der Waals surface area contributed by atoms with E-state index in [9.17, 15) is 0 Å². The predicted molar refractivity (Wildman–Crippen MR) is 54.4 cm³/mol. The fraction of sp³-hybridized carbons (Fsp3) is 0.100. The molecular formula is C10H8BrN. The highest BCUT2D eigenvalue weighted by Crippen LogP contribution is 2.17. The van der Waals surface area contributed by atoms with Crippen LogP contribution in [0.5, 0.6) is 0 Å². The van der Waals surface area contributed by atoms with Gasteiger partial charge in [0.15, 0.2) is 0 Å². The molecule has 0 aliphatic rings. The molecule has 0 aliphatic heterocycles. The van der Waals surface area contributed by atoms with E-state index >= 15 is 0 Å². The molecule has 2 heteroatoms. The molecule has 0 spiro atoms. The summed E-state index contributed by atoms with van der Waals surface area (Å²) in [7, 11) is 0. The number of hydrogen-bond acceptors (Lipinski definition) is 1. The molecule has 0 aliphatic carbocycles. The normalized spacial score (nSPS) is 10.4. The topological polar surface area (TPSA) is 12.9 Å². The Labute approximate surface area is 79.6 Å². The quantitative estimate of drug-likeness (QED) is 0.675. The van der Waals surface area contributed by atoms with Crippen LogP contribution in [0, 0.1) is 0 Å². The van der Waals surface area contributed by atoms with E-state index in [0.717, 1.165) is 10.8 Å². The average Bonchev–Trinajstić information content (AvgIpc) is 2.17. The second kappa shape index (κ2) is 3.23. The van der Waals surface area contributed by atoms with Crippen LogP contribution in [0.25, 0.3) is 10.9 Å². The molecule has 0 unspecified atom stereocenters. The maximum absolute atomic E-state index is 4.32. The van der Waals surface area contributed by atoms with Crippen LogP contribution in [-0.2, 0) is 5.33 Å². The number of para-hydroxylation sites is 1. The van der Waals surface area contributed by atoms with Gasteiger partial charge in [-0.1, -0.05) is 40.2 Å². The van der Waals surface area contributed by atoms with Crippen molar-refractivity contribution in [1.29, 1.82) is 0 Å². The van der Waals surface area contributed by atoms with Crippen molar-refractivity contribution in [2.24, 2.45) is 0 Å². The Kier molecular flexibility index (Phi) is 2.09. The zero-order valence-electron chi connectivity index (χ0n) is 6.50. The Balaban J connectivity index is 2.79. The first kappa shape index (κ1) is 7.74. The summed E-state index contributed by atoms with van der Waals surface area (Å²) in [5.41, 5.74) is 2.34. The second-order valence-electron chi connectivity index (χ2n) is 2.63. The number of fused-ring (bicyclic) bond motifs is 1. The third-order valence-corrected chi connectivity index (χ3v) is 2.46. The summed E-state index contributed by atoms with van der Waals surface area (Å²) >= 11 is 3.44. The Morgan fingerprint density at radius 2 is 2.00 bits per heavy atom. The van der Waals surface area contributed by atoms with Crippen molar-refractivity contribution in [2.45, 2.75) is 5.33 Å². The van der Waals surface area contributed by atoms with Crippen LogP contribution in [0.2, 0.25) is 0 Å². The van der Waals surface area contributed by atoms with Gasteiger partial charge in [-0.3, -0.25) is 4.98 Å². The number of benzene rings is 1. The molecule has 60 valence electrons. The minimum Gasteiger partial charge on any atom is -0.256 e. The van der Waals surface area contributed by atoms with Gasteiger partial charge in [0.2, 0.25) is 0 Å². The van der Waals surface area contributed by atoms with Gasteiger partial charge in [0.05, 0.1) is 5.52 Å². The van der Waals surface area contributed by atoms with Crippen molar-refractivity contribution in [3.8, 4) is 0 Å². The standard InChI is InChI=1S/C10H8BrN/c11-7-9-4-1-3-8-5-2-6-12-10(8)9/h1-6H,7H2. The zero-order valence-corrected chi connectivity index (χ0v) is 8.08. The highest BCUT2D eigenvalue weighted by Gasteiger charge is 1.97. The number of pyridine rings is 1. The van der Waals surface area contributed by atoms with Crippen LogP contribution in [0.15, 0.2) is 36.5 Å². The lowest BCUT2D eigenvalue weighted by molar-refractivity contribution is 1.36. The first-order valence-corrected chi connectivity index (χ1v) is 4.92. The summed E-state index contributed by atoms with van der Waals surface area (Å²) in [6, 6.07) is 10.3. The predicted octanol–water partition coefficient (Wildman–Crippen LogP) is 3.13. The molecule has 0 saturated carbocycles. The van der Waals surface area contributed by atoms with Crippen molar-refractivity contribution in [1.82, 2.24) is 4.98 Å². The number of nitrogens with zero attached hydrogens (tertiary/aromatic N) is 1. The first-order chi connectivity index (χ1) is 5.92. The third kappa shape index (κ3) is 1.23. The minimum atomic E-state index is 0.862. The van der Waals surface area contributed by atoms with Crippen LogP contribution < -0.4 is 0 Å². The fourth-order valence-corrected chi connectivity index (χ4v) is 1.73. The SMILES string of the molecule is BrCc1cccc2cccnc12. The van der Waals surface area contributed by atoms with Crippen molar-refractivity contribution in [3.05, 3.63) is 42.1 Å². The smallest absolute Gasteiger partial charge is 0.0742 e. The lowest BCUT2D eigenvalue weighted by Gasteiger charge is -2.00. The van der Waals surface area contributed by atoms with Gasteiger partial charge in [-0.2, -0.15) is 0 Å². The maximum Gasteiger partial charge on any atom is 0.0742 e. The minimum absolute atomic E-state index is 0.862.